The van der Waals surface area contributed by atoms with E-state index in [4.69, 9.17) is 9.47 Å². The predicted molar refractivity (Wildman–Crippen MR) is 97.8 cm³/mol. The molecule has 0 saturated carbocycles. The maximum absolute atomic E-state index is 13.2. The van der Waals surface area contributed by atoms with E-state index in [9.17, 15) is 9.59 Å². The number of carbonyl (C=O) groups excluding carboxylic acids is 2. The molecule has 3 rings (SSSR count). The molecule has 0 aromatic heterocycles. The zero-order chi connectivity index (χ0) is 18.7. The molecule has 2 heterocycles. The average Bonchev–Trinajstić information content (AvgIpc) is 3.25. The van der Waals surface area contributed by atoms with E-state index in [1.54, 1.807) is 7.11 Å². The summed E-state index contributed by atoms with van der Waals surface area (Å²) in [6, 6.07) is 7.56. The molecule has 2 atom stereocenters. The number of hydrogen-bond donors (Lipinski definition) is 0. The summed E-state index contributed by atoms with van der Waals surface area (Å²) >= 11 is 0. The topological polar surface area (TPSA) is 59.1 Å². The molecule has 0 aliphatic carbocycles. The van der Waals surface area contributed by atoms with Gasteiger partial charge < -0.3 is 14.4 Å². The SMILES string of the molecule is CCN(Cc1ccc(OC)cc1)C(=O)[C@@H]1CC[C@]2(C(=O)OC)CCCN12. The van der Waals surface area contributed by atoms with Crippen molar-refractivity contribution >= 4 is 11.9 Å². The van der Waals surface area contributed by atoms with Crippen molar-refractivity contribution in [1.82, 2.24) is 9.80 Å². The lowest BCUT2D eigenvalue weighted by Crippen LogP contribution is -2.53. The third kappa shape index (κ3) is 3.18. The number of methoxy groups -OCH3 is 2. The number of amides is 1. The number of hydrogen-bond acceptors (Lipinski definition) is 5. The highest BCUT2D eigenvalue weighted by Gasteiger charge is 2.57. The molecule has 0 N–H and O–H groups in total. The van der Waals surface area contributed by atoms with Gasteiger partial charge in [0.25, 0.3) is 0 Å². The third-order valence-corrected chi connectivity index (χ3v) is 5.82. The maximum Gasteiger partial charge on any atom is 0.326 e. The van der Waals surface area contributed by atoms with Crippen molar-refractivity contribution in [3.05, 3.63) is 29.8 Å². The molecule has 1 aromatic rings. The predicted octanol–water partition coefficient (Wildman–Crippen LogP) is 2.21. The minimum atomic E-state index is -0.589. The van der Waals surface area contributed by atoms with Gasteiger partial charge in [-0.2, -0.15) is 0 Å². The van der Waals surface area contributed by atoms with Crippen LogP contribution in [0.5, 0.6) is 5.75 Å². The molecule has 6 nitrogen and oxygen atoms in total. The number of fused-ring (bicyclic) bond motifs is 1. The van der Waals surface area contributed by atoms with Gasteiger partial charge in [-0.05, 0) is 50.3 Å². The molecule has 2 fully saturated rings. The van der Waals surface area contributed by atoms with Crippen molar-refractivity contribution in [3.63, 3.8) is 0 Å². The Hall–Kier alpha value is -2.08. The van der Waals surface area contributed by atoms with Gasteiger partial charge in [0.05, 0.1) is 20.3 Å². The van der Waals surface area contributed by atoms with Crippen LogP contribution in [0.1, 0.15) is 38.2 Å². The summed E-state index contributed by atoms with van der Waals surface area (Å²) in [5.41, 5.74) is 0.480. The summed E-state index contributed by atoms with van der Waals surface area (Å²) in [5, 5.41) is 0. The van der Waals surface area contributed by atoms with Gasteiger partial charge in [-0.3, -0.25) is 14.5 Å². The first-order valence-electron chi connectivity index (χ1n) is 9.32. The molecule has 0 spiro atoms. The minimum Gasteiger partial charge on any atom is -0.497 e. The summed E-state index contributed by atoms with van der Waals surface area (Å²) < 4.78 is 10.2. The van der Waals surface area contributed by atoms with Gasteiger partial charge in [0.1, 0.15) is 11.3 Å². The van der Waals surface area contributed by atoms with Crippen LogP contribution in [-0.4, -0.2) is 60.6 Å². The molecule has 0 radical (unpaired) electrons. The van der Waals surface area contributed by atoms with Gasteiger partial charge in [-0.1, -0.05) is 12.1 Å². The van der Waals surface area contributed by atoms with E-state index in [1.165, 1.54) is 7.11 Å². The van der Waals surface area contributed by atoms with Crippen molar-refractivity contribution in [2.24, 2.45) is 0 Å². The van der Waals surface area contributed by atoms with E-state index >= 15 is 0 Å². The van der Waals surface area contributed by atoms with Crippen LogP contribution in [0.2, 0.25) is 0 Å². The van der Waals surface area contributed by atoms with E-state index in [0.717, 1.165) is 30.7 Å². The second kappa shape index (κ2) is 7.66. The van der Waals surface area contributed by atoms with Gasteiger partial charge in [0.2, 0.25) is 5.91 Å². The number of ether oxygens (including phenoxy) is 2. The number of benzene rings is 1. The summed E-state index contributed by atoms with van der Waals surface area (Å²) in [4.78, 5) is 29.6. The Kier molecular flexibility index (Phi) is 5.51. The first kappa shape index (κ1) is 18.7. The highest BCUT2D eigenvalue weighted by Crippen LogP contribution is 2.43. The summed E-state index contributed by atoms with van der Waals surface area (Å²) in [7, 11) is 3.07. The molecular formula is C20H28N2O4. The summed E-state index contributed by atoms with van der Waals surface area (Å²) in [6.07, 6.45) is 3.14. The minimum absolute atomic E-state index is 0.107. The lowest BCUT2D eigenvalue weighted by molar-refractivity contribution is -0.153. The third-order valence-electron chi connectivity index (χ3n) is 5.82. The average molecular weight is 360 g/mol. The highest BCUT2D eigenvalue weighted by molar-refractivity contribution is 5.87. The summed E-state index contributed by atoms with van der Waals surface area (Å²) in [6.45, 7) is 3.98. The quantitative estimate of drug-likeness (QED) is 0.728. The smallest absolute Gasteiger partial charge is 0.326 e. The van der Waals surface area contributed by atoms with Crippen molar-refractivity contribution in [3.8, 4) is 5.75 Å². The van der Waals surface area contributed by atoms with Gasteiger partial charge >= 0.3 is 5.97 Å². The molecule has 2 saturated heterocycles. The van der Waals surface area contributed by atoms with E-state index in [2.05, 4.69) is 4.90 Å². The Balaban J connectivity index is 1.73. The number of esters is 1. The lowest BCUT2D eigenvalue weighted by atomic mass is 9.94. The molecule has 2 aliphatic heterocycles. The van der Waals surface area contributed by atoms with E-state index in [1.807, 2.05) is 36.1 Å². The van der Waals surface area contributed by atoms with Crippen LogP contribution in [-0.2, 0) is 20.9 Å². The van der Waals surface area contributed by atoms with Crippen molar-refractivity contribution in [2.45, 2.75) is 50.7 Å². The number of rotatable bonds is 6. The highest BCUT2D eigenvalue weighted by atomic mass is 16.5. The van der Waals surface area contributed by atoms with Gasteiger partial charge in [-0.15, -0.1) is 0 Å². The maximum atomic E-state index is 13.2. The Bertz CT molecular complexity index is 660. The Morgan fingerprint density at radius 2 is 1.96 bits per heavy atom. The molecule has 1 amide bonds. The molecule has 1 aromatic carbocycles. The largest absolute Gasteiger partial charge is 0.497 e. The molecule has 0 unspecified atom stereocenters. The Labute approximate surface area is 155 Å². The van der Waals surface area contributed by atoms with E-state index in [0.29, 0.717) is 25.9 Å². The Morgan fingerprint density at radius 1 is 1.23 bits per heavy atom. The van der Waals surface area contributed by atoms with Crippen LogP contribution in [0.3, 0.4) is 0 Å². The molecule has 6 heteroatoms. The second-order valence-corrected chi connectivity index (χ2v) is 7.08. The van der Waals surface area contributed by atoms with Crippen molar-refractivity contribution in [2.75, 3.05) is 27.3 Å². The zero-order valence-corrected chi connectivity index (χ0v) is 15.9. The summed E-state index contributed by atoms with van der Waals surface area (Å²) in [5.74, 6) is 0.721. The van der Waals surface area contributed by atoms with Gasteiger partial charge in [-0.25, -0.2) is 0 Å². The van der Waals surface area contributed by atoms with Crippen LogP contribution >= 0.6 is 0 Å². The fraction of sp³-hybridized carbons (Fsp3) is 0.600. The van der Waals surface area contributed by atoms with Gasteiger partial charge in [0.15, 0.2) is 0 Å². The number of carbonyl (C=O) groups is 2. The second-order valence-electron chi connectivity index (χ2n) is 7.08. The molecular weight excluding hydrogens is 332 g/mol. The van der Waals surface area contributed by atoms with Crippen molar-refractivity contribution in [1.29, 1.82) is 0 Å². The van der Waals surface area contributed by atoms with Crippen LogP contribution in [0, 0.1) is 0 Å². The first-order chi connectivity index (χ1) is 12.6. The van der Waals surface area contributed by atoms with E-state index in [-0.39, 0.29) is 17.9 Å². The van der Waals surface area contributed by atoms with Gasteiger partial charge in [0, 0.05) is 19.6 Å². The zero-order valence-electron chi connectivity index (χ0n) is 15.9. The molecule has 0 bridgehead atoms. The lowest BCUT2D eigenvalue weighted by Gasteiger charge is -2.34. The van der Waals surface area contributed by atoms with Crippen LogP contribution in [0.4, 0.5) is 0 Å². The fourth-order valence-electron chi connectivity index (χ4n) is 4.43. The number of likely N-dealkylation sites (N-methyl/N-ethyl adjacent to an activating group) is 1. The van der Waals surface area contributed by atoms with Crippen LogP contribution < -0.4 is 4.74 Å². The van der Waals surface area contributed by atoms with Crippen LogP contribution in [0.25, 0.3) is 0 Å². The molecule has 26 heavy (non-hydrogen) atoms. The normalized spacial score (nSPS) is 25.0. The molecule has 142 valence electrons. The Morgan fingerprint density at radius 3 is 2.58 bits per heavy atom. The van der Waals surface area contributed by atoms with E-state index < -0.39 is 5.54 Å². The van der Waals surface area contributed by atoms with Crippen molar-refractivity contribution < 1.29 is 19.1 Å². The molecule has 2 aliphatic rings. The fourth-order valence-corrected chi connectivity index (χ4v) is 4.43. The monoisotopic (exact) mass is 360 g/mol. The standard InChI is InChI=1S/C20H28N2O4/c1-4-21(14-15-6-8-16(25-2)9-7-15)18(23)17-10-12-20(19(24)26-3)11-5-13-22(17)20/h6-9,17H,4-5,10-14H2,1-3H3/t17-,20-/m0/s1. The number of nitrogens with zero attached hydrogens (tertiary/aromatic N) is 2. The first-order valence-corrected chi connectivity index (χ1v) is 9.32. The van der Waals surface area contributed by atoms with Crippen LogP contribution in [0.15, 0.2) is 24.3 Å².